The van der Waals surface area contributed by atoms with Crippen molar-refractivity contribution in [2.45, 2.75) is 25.6 Å². The lowest BCUT2D eigenvalue weighted by atomic mass is 10.0. The number of nitrogens with zero attached hydrogens (tertiary/aromatic N) is 3. The molecule has 0 bridgehead atoms. The number of H-pyrrole nitrogens is 1. The second-order valence-corrected chi connectivity index (χ2v) is 5.01. The number of aromatic amines is 1. The summed E-state index contributed by atoms with van der Waals surface area (Å²) in [7, 11) is 0. The molecule has 0 spiro atoms. The van der Waals surface area contributed by atoms with Crippen molar-refractivity contribution in [1.29, 1.82) is 0 Å². The summed E-state index contributed by atoms with van der Waals surface area (Å²) in [5.74, 6) is -0.444. The van der Waals surface area contributed by atoms with Crippen molar-refractivity contribution in [1.82, 2.24) is 4.98 Å². The molecule has 1 aromatic carbocycles. The van der Waals surface area contributed by atoms with E-state index in [9.17, 15) is 15.0 Å². The van der Waals surface area contributed by atoms with Gasteiger partial charge in [-0.2, -0.15) is 0 Å². The van der Waals surface area contributed by atoms with Gasteiger partial charge in [0, 0.05) is 22.4 Å². The van der Waals surface area contributed by atoms with Crippen LogP contribution in [0.1, 0.15) is 35.5 Å². The number of aromatic nitrogens is 1. The Bertz CT molecular complexity index is 736. The molecule has 2 rings (SSSR count). The number of esters is 1. The first-order chi connectivity index (χ1) is 11.1. The standard InChI is InChI=1S/C15H18N4O4/c1-2-23-15(22)12-7-9-3-4-10(8-11(9)18-12)14(21)13(20)5-6-17-19-16/h3-4,7-8,13-14,18,20-21H,2,5-6H2,1H3. The maximum Gasteiger partial charge on any atom is 0.354 e. The second kappa shape index (κ2) is 7.64. The summed E-state index contributed by atoms with van der Waals surface area (Å²) in [5, 5.41) is 24.2. The number of nitrogens with one attached hydrogen (secondary N) is 1. The third-order valence-electron chi connectivity index (χ3n) is 3.44. The van der Waals surface area contributed by atoms with Crippen LogP contribution in [0.4, 0.5) is 0 Å². The SMILES string of the molecule is CCOC(=O)c1cc2ccc(C(O)C(O)CCN=[N+]=[N-])cc2[nH]1. The minimum absolute atomic E-state index is 0.104. The molecule has 8 nitrogen and oxygen atoms in total. The molecule has 2 unspecified atom stereocenters. The molecule has 0 aliphatic heterocycles. The summed E-state index contributed by atoms with van der Waals surface area (Å²) in [4.78, 5) is 17.2. The summed E-state index contributed by atoms with van der Waals surface area (Å²) in [6.07, 6.45) is -2.00. The van der Waals surface area contributed by atoms with Gasteiger partial charge < -0.3 is 19.9 Å². The molecule has 23 heavy (non-hydrogen) atoms. The van der Waals surface area contributed by atoms with E-state index < -0.39 is 18.2 Å². The van der Waals surface area contributed by atoms with Gasteiger partial charge in [0.1, 0.15) is 11.8 Å². The molecule has 0 radical (unpaired) electrons. The van der Waals surface area contributed by atoms with Crippen molar-refractivity contribution < 1.29 is 19.7 Å². The molecule has 0 saturated carbocycles. The Balaban J connectivity index is 2.18. The van der Waals surface area contributed by atoms with Gasteiger partial charge in [0.25, 0.3) is 0 Å². The fraction of sp³-hybridized carbons (Fsp3) is 0.400. The smallest absolute Gasteiger partial charge is 0.354 e. The molecule has 2 atom stereocenters. The van der Waals surface area contributed by atoms with Crippen molar-refractivity contribution in [3.8, 4) is 0 Å². The largest absolute Gasteiger partial charge is 0.461 e. The zero-order valence-corrected chi connectivity index (χ0v) is 12.6. The van der Waals surface area contributed by atoms with Gasteiger partial charge >= 0.3 is 5.97 Å². The maximum atomic E-state index is 11.7. The minimum Gasteiger partial charge on any atom is -0.461 e. The van der Waals surface area contributed by atoms with Crippen molar-refractivity contribution in [3.63, 3.8) is 0 Å². The van der Waals surface area contributed by atoms with Gasteiger partial charge in [0.05, 0.1) is 12.7 Å². The van der Waals surface area contributed by atoms with Crippen LogP contribution in [0.15, 0.2) is 29.4 Å². The Morgan fingerprint density at radius 3 is 2.91 bits per heavy atom. The van der Waals surface area contributed by atoms with E-state index in [1.54, 1.807) is 31.2 Å². The first kappa shape index (κ1) is 16.8. The van der Waals surface area contributed by atoms with Crippen LogP contribution >= 0.6 is 0 Å². The third-order valence-corrected chi connectivity index (χ3v) is 3.44. The highest BCUT2D eigenvalue weighted by atomic mass is 16.5. The number of rotatable bonds is 7. The third kappa shape index (κ3) is 4.01. The van der Waals surface area contributed by atoms with E-state index in [0.717, 1.165) is 5.39 Å². The van der Waals surface area contributed by atoms with Crippen LogP contribution in [0.3, 0.4) is 0 Å². The fourth-order valence-corrected chi connectivity index (χ4v) is 2.26. The number of fused-ring (bicyclic) bond motifs is 1. The molecule has 3 N–H and O–H groups in total. The van der Waals surface area contributed by atoms with E-state index in [0.29, 0.717) is 16.8 Å². The monoisotopic (exact) mass is 318 g/mol. The Morgan fingerprint density at radius 2 is 2.22 bits per heavy atom. The summed E-state index contributed by atoms with van der Waals surface area (Å²) < 4.78 is 4.93. The number of aliphatic hydroxyl groups is 2. The highest BCUT2D eigenvalue weighted by molar-refractivity contribution is 5.94. The molecule has 8 heteroatoms. The van der Waals surface area contributed by atoms with Crippen molar-refractivity contribution in [2.24, 2.45) is 5.11 Å². The Kier molecular flexibility index (Phi) is 5.59. The zero-order valence-electron chi connectivity index (χ0n) is 12.6. The Morgan fingerprint density at radius 1 is 1.43 bits per heavy atom. The Hall–Kier alpha value is -2.54. The average Bonchev–Trinajstić information content (AvgIpc) is 2.97. The first-order valence-corrected chi connectivity index (χ1v) is 7.23. The van der Waals surface area contributed by atoms with Crippen LogP contribution in [0, 0.1) is 0 Å². The van der Waals surface area contributed by atoms with Crippen molar-refractivity contribution in [2.75, 3.05) is 13.2 Å². The van der Waals surface area contributed by atoms with Gasteiger partial charge in [-0.1, -0.05) is 17.2 Å². The molecule has 1 aromatic heterocycles. The molecule has 2 aromatic rings. The molecule has 0 aliphatic carbocycles. The van der Waals surface area contributed by atoms with E-state index in [4.69, 9.17) is 10.3 Å². The van der Waals surface area contributed by atoms with E-state index in [2.05, 4.69) is 15.0 Å². The van der Waals surface area contributed by atoms with Crippen molar-refractivity contribution in [3.05, 3.63) is 46.0 Å². The first-order valence-electron chi connectivity index (χ1n) is 7.23. The average molecular weight is 318 g/mol. The normalized spacial score (nSPS) is 13.3. The highest BCUT2D eigenvalue weighted by Gasteiger charge is 2.19. The summed E-state index contributed by atoms with van der Waals surface area (Å²) in [6, 6.07) is 6.75. The number of ether oxygens (including phenoxy) is 1. The summed E-state index contributed by atoms with van der Waals surface area (Å²) in [6.45, 7) is 2.12. The molecule has 0 fully saturated rings. The van der Waals surface area contributed by atoms with Crippen LogP contribution < -0.4 is 0 Å². The lowest BCUT2D eigenvalue weighted by molar-refractivity contribution is 0.0151. The van der Waals surface area contributed by atoms with Crippen molar-refractivity contribution >= 4 is 16.9 Å². The van der Waals surface area contributed by atoms with Crippen LogP contribution in [0.25, 0.3) is 21.3 Å². The second-order valence-electron chi connectivity index (χ2n) is 5.01. The van der Waals surface area contributed by atoms with Crippen LogP contribution in [-0.4, -0.2) is 40.4 Å². The minimum atomic E-state index is -1.11. The van der Waals surface area contributed by atoms with Gasteiger partial charge in [-0.05, 0) is 36.6 Å². The molecule has 0 saturated heterocycles. The predicted molar refractivity (Wildman–Crippen MR) is 83.9 cm³/mol. The molecule has 1 heterocycles. The lowest BCUT2D eigenvalue weighted by Crippen LogP contribution is -2.19. The fourth-order valence-electron chi connectivity index (χ4n) is 2.26. The molecular formula is C15H18N4O4. The predicted octanol–water partition coefficient (Wildman–Crippen LogP) is 2.44. The Labute approximate surface area is 132 Å². The number of azide groups is 1. The van der Waals surface area contributed by atoms with E-state index in [1.807, 2.05) is 0 Å². The molecule has 122 valence electrons. The van der Waals surface area contributed by atoms with Crippen LogP contribution in [0.5, 0.6) is 0 Å². The van der Waals surface area contributed by atoms with Gasteiger partial charge in [0.15, 0.2) is 0 Å². The van der Waals surface area contributed by atoms with E-state index in [-0.39, 0.29) is 19.6 Å². The van der Waals surface area contributed by atoms with Gasteiger partial charge in [-0.15, -0.1) is 0 Å². The number of hydrogen-bond acceptors (Lipinski definition) is 5. The number of benzene rings is 1. The maximum absolute atomic E-state index is 11.7. The van der Waals surface area contributed by atoms with Crippen LogP contribution in [-0.2, 0) is 4.74 Å². The zero-order chi connectivity index (χ0) is 16.8. The van der Waals surface area contributed by atoms with Gasteiger partial charge in [0.2, 0.25) is 0 Å². The number of aliphatic hydroxyl groups excluding tert-OH is 2. The summed E-state index contributed by atoms with van der Waals surface area (Å²) >= 11 is 0. The molecular weight excluding hydrogens is 300 g/mol. The van der Waals surface area contributed by atoms with Crippen LogP contribution in [0.2, 0.25) is 0 Å². The topological polar surface area (TPSA) is 131 Å². The summed E-state index contributed by atoms with van der Waals surface area (Å²) in [5.41, 5.74) is 9.70. The van der Waals surface area contributed by atoms with E-state index >= 15 is 0 Å². The molecule has 0 amide bonds. The number of carbonyl (C=O) groups excluding carboxylic acids is 1. The lowest BCUT2D eigenvalue weighted by Gasteiger charge is -2.17. The van der Waals surface area contributed by atoms with Gasteiger partial charge in [-0.25, -0.2) is 4.79 Å². The highest BCUT2D eigenvalue weighted by Crippen LogP contribution is 2.24. The van der Waals surface area contributed by atoms with Gasteiger partial charge in [-0.3, -0.25) is 0 Å². The number of hydrogen-bond donors (Lipinski definition) is 3. The molecule has 0 aliphatic rings. The van der Waals surface area contributed by atoms with E-state index in [1.165, 1.54) is 0 Å². The number of carbonyl (C=O) groups is 1. The quantitative estimate of drug-likeness (QED) is 0.313.